The average Bonchev–Trinajstić information content (AvgIpc) is 2.86. The lowest BCUT2D eigenvalue weighted by Gasteiger charge is -2.26. The first-order valence-corrected chi connectivity index (χ1v) is 6.81. The minimum Gasteiger partial charge on any atom is -0.366 e. The number of aromatic nitrogens is 2. The first-order valence-electron chi connectivity index (χ1n) is 6.81. The second-order valence-electron chi connectivity index (χ2n) is 4.89. The molecule has 0 bridgehead atoms. The second kappa shape index (κ2) is 6.68. The second-order valence-corrected chi connectivity index (χ2v) is 4.89. The van der Waals surface area contributed by atoms with E-state index >= 15 is 0 Å². The topological polar surface area (TPSA) is 70.2 Å². The molecule has 0 aromatic carbocycles. The van der Waals surface area contributed by atoms with Crippen LogP contribution in [0, 0.1) is 0 Å². The minimum absolute atomic E-state index is 0.0128. The molecule has 1 aliphatic rings. The van der Waals surface area contributed by atoms with Gasteiger partial charge in [-0.2, -0.15) is 5.10 Å². The highest BCUT2D eigenvalue weighted by atomic mass is 16.5. The van der Waals surface area contributed by atoms with Gasteiger partial charge in [0.05, 0.1) is 24.5 Å². The van der Waals surface area contributed by atoms with Gasteiger partial charge >= 0.3 is 0 Å². The fourth-order valence-corrected chi connectivity index (χ4v) is 2.18. The molecule has 0 radical (unpaired) electrons. The molecule has 1 amide bonds. The summed E-state index contributed by atoms with van der Waals surface area (Å²) in [6.45, 7) is 4.66. The number of ether oxygens (including phenoxy) is 1. The summed E-state index contributed by atoms with van der Waals surface area (Å²) < 4.78 is 5.46. The normalized spacial score (nSPS) is 19.4. The van der Waals surface area contributed by atoms with Gasteiger partial charge in [0.2, 0.25) is 0 Å². The van der Waals surface area contributed by atoms with E-state index in [4.69, 9.17) is 4.74 Å². The Kier molecular flexibility index (Phi) is 4.93. The number of aromatic amines is 1. The van der Waals surface area contributed by atoms with Crippen LogP contribution in [0.3, 0.4) is 0 Å². The summed E-state index contributed by atoms with van der Waals surface area (Å²) in [7, 11) is 1.79. The van der Waals surface area contributed by atoms with E-state index in [9.17, 15) is 4.79 Å². The van der Waals surface area contributed by atoms with Crippen LogP contribution < -0.4 is 5.32 Å². The van der Waals surface area contributed by atoms with Gasteiger partial charge < -0.3 is 15.0 Å². The molecule has 1 fully saturated rings. The number of H-pyrrole nitrogens is 1. The van der Waals surface area contributed by atoms with Crippen LogP contribution in [0.4, 0.5) is 0 Å². The molecule has 2 N–H and O–H groups in total. The smallest absolute Gasteiger partial charge is 0.253 e. The molecule has 6 heteroatoms. The van der Waals surface area contributed by atoms with Gasteiger partial charge in [0.15, 0.2) is 0 Å². The fourth-order valence-electron chi connectivity index (χ4n) is 2.18. The SMILES string of the molecule is CCCc1cc(CN(C)C(=O)C2CNCCO2)[nH]n1. The Labute approximate surface area is 113 Å². The van der Waals surface area contributed by atoms with Crippen LogP contribution in [0.5, 0.6) is 0 Å². The Morgan fingerprint density at radius 1 is 1.63 bits per heavy atom. The number of amides is 1. The highest BCUT2D eigenvalue weighted by Crippen LogP contribution is 2.07. The van der Waals surface area contributed by atoms with E-state index in [-0.39, 0.29) is 12.0 Å². The molecule has 2 rings (SSSR count). The lowest BCUT2D eigenvalue weighted by atomic mass is 10.2. The van der Waals surface area contributed by atoms with Crippen molar-refractivity contribution in [2.45, 2.75) is 32.4 Å². The lowest BCUT2D eigenvalue weighted by Crippen LogP contribution is -2.48. The molecule has 1 aromatic rings. The summed E-state index contributed by atoms with van der Waals surface area (Å²) in [5.74, 6) is 0.0128. The van der Waals surface area contributed by atoms with Crippen molar-refractivity contribution >= 4 is 5.91 Å². The number of rotatable bonds is 5. The van der Waals surface area contributed by atoms with Crippen molar-refractivity contribution < 1.29 is 9.53 Å². The fraction of sp³-hybridized carbons (Fsp3) is 0.692. The molecule has 19 heavy (non-hydrogen) atoms. The molecule has 0 spiro atoms. The van der Waals surface area contributed by atoms with E-state index in [0.29, 0.717) is 19.7 Å². The number of carbonyl (C=O) groups is 1. The molecule has 1 atom stereocenters. The minimum atomic E-state index is -0.364. The van der Waals surface area contributed by atoms with Crippen molar-refractivity contribution in [3.63, 3.8) is 0 Å². The van der Waals surface area contributed by atoms with Crippen LogP contribution >= 0.6 is 0 Å². The number of carbonyl (C=O) groups excluding carboxylic acids is 1. The molecule has 0 saturated carbocycles. The van der Waals surface area contributed by atoms with Crippen LogP contribution in [-0.2, 0) is 22.5 Å². The highest BCUT2D eigenvalue weighted by molar-refractivity contribution is 5.81. The molecular formula is C13H22N4O2. The first kappa shape index (κ1) is 14.0. The number of likely N-dealkylation sites (N-methyl/N-ethyl adjacent to an activating group) is 1. The third-order valence-corrected chi connectivity index (χ3v) is 3.18. The summed E-state index contributed by atoms with van der Waals surface area (Å²) in [5.41, 5.74) is 2.01. The van der Waals surface area contributed by atoms with E-state index < -0.39 is 0 Å². The molecule has 1 saturated heterocycles. The van der Waals surface area contributed by atoms with Gasteiger partial charge in [-0.05, 0) is 12.5 Å². The van der Waals surface area contributed by atoms with Gasteiger partial charge in [-0.3, -0.25) is 9.89 Å². The molecule has 1 aromatic heterocycles. The highest BCUT2D eigenvalue weighted by Gasteiger charge is 2.25. The van der Waals surface area contributed by atoms with Gasteiger partial charge in [0.25, 0.3) is 5.91 Å². The zero-order valence-corrected chi connectivity index (χ0v) is 11.6. The van der Waals surface area contributed by atoms with Crippen molar-refractivity contribution in [1.82, 2.24) is 20.4 Å². The van der Waals surface area contributed by atoms with Crippen LogP contribution in [0.1, 0.15) is 24.7 Å². The van der Waals surface area contributed by atoms with E-state index in [2.05, 4.69) is 22.4 Å². The van der Waals surface area contributed by atoms with Gasteiger partial charge in [-0.1, -0.05) is 13.3 Å². The van der Waals surface area contributed by atoms with Crippen LogP contribution in [0.15, 0.2) is 6.07 Å². The summed E-state index contributed by atoms with van der Waals surface area (Å²) in [5, 5.41) is 10.4. The Balaban J connectivity index is 1.88. The van der Waals surface area contributed by atoms with Crippen molar-refractivity contribution in [3.8, 4) is 0 Å². The van der Waals surface area contributed by atoms with Crippen LogP contribution in [0.2, 0.25) is 0 Å². The number of nitrogens with zero attached hydrogens (tertiary/aromatic N) is 2. The number of aryl methyl sites for hydroxylation is 1. The number of hydrogen-bond donors (Lipinski definition) is 2. The summed E-state index contributed by atoms with van der Waals surface area (Å²) in [6, 6.07) is 2.02. The number of morpholine rings is 1. The third kappa shape index (κ3) is 3.78. The van der Waals surface area contributed by atoms with Gasteiger partial charge in [0, 0.05) is 20.1 Å². The first-order chi connectivity index (χ1) is 9.20. The summed E-state index contributed by atoms with van der Waals surface area (Å²) >= 11 is 0. The summed E-state index contributed by atoms with van der Waals surface area (Å²) in [4.78, 5) is 13.8. The third-order valence-electron chi connectivity index (χ3n) is 3.18. The van der Waals surface area contributed by atoms with Crippen molar-refractivity contribution in [1.29, 1.82) is 0 Å². The maximum Gasteiger partial charge on any atom is 0.253 e. The largest absolute Gasteiger partial charge is 0.366 e. The van der Waals surface area contributed by atoms with E-state index in [0.717, 1.165) is 30.8 Å². The molecule has 6 nitrogen and oxygen atoms in total. The molecule has 106 valence electrons. The maximum absolute atomic E-state index is 12.2. The maximum atomic E-state index is 12.2. The van der Waals surface area contributed by atoms with E-state index in [1.165, 1.54) is 0 Å². The number of hydrogen-bond acceptors (Lipinski definition) is 4. The van der Waals surface area contributed by atoms with Gasteiger partial charge in [-0.25, -0.2) is 0 Å². The van der Waals surface area contributed by atoms with Crippen LogP contribution in [-0.4, -0.2) is 53.9 Å². The molecule has 0 aliphatic carbocycles. The molecule has 1 aliphatic heterocycles. The van der Waals surface area contributed by atoms with E-state index in [1.54, 1.807) is 11.9 Å². The van der Waals surface area contributed by atoms with Crippen molar-refractivity contribution in [3.05, 3.63) is 17.5 Å². The number of nitrogens with one attached hydrogen (secondary N) is 2. The standard InChI is InChI=1S/C13H22N4O2/c1-3-4-10-7-11(16-15-10)9-17(2)13(18)12-8-14-5-6-19-12/h7,12,14H,3-6,8-9H2,1-2H3,(H,15,16). The van der Waals surface area contributed by atoms with Gasteiger partial charge in [-0.15, -0.1) is 0 Å². The predicted octanol–water partition coefficient (Wildman–Crippen LogP) is 0.309. The van der Waals surface area contributed by atoms with E-state index in [1.807, 2.05) is 6.07 Å². The van der Waals surface area contributed by atoms with Gasteiger partial charge in [0.1, 0.15) is 6.10 Å². The average molecular weight is 266 g/mol. The molecular weight excluding hydrogens is 244 g/mol. The summed E-state index contributed by atoms with van der Waals surface area (Å²) in [6.07, 6.45) is 1.67. The Morgan fingerprint density at radius 2 is 2.47 bits per heavy atom. The zero-order valence-electron chi connectivity index (χ0n) is 11.6. The molecule has 2 heterocycles. The Morgan fingerprint density at radius 3 is 3.16 bits per heavy atom. The Bertz CT molecular complexity index is 413. The molecule has 1 unspecified atom stereocenters. The predicted molar refractivity (Wildman–Crippen MR) is 71.7 cm³/mol. The van der Waals surface area contributed by atoms with Crippen molar-refractivity contribution in [2.24, 2.45) is 0 Å². The lowest BCUT2D eigenvalue weighted by molar-refractivity contribution is -0.144. The Hall–Kier alpha value is -1.40. The quantitative estimate of drug-likeness (QED) is 0.804. The monoisotopic (exact) mass is 266 g/mol. The zero-order chi connectivity index (χ0) is 13.7. The van der Waals surface area contributed by atoms with Crippen molar-refractivity contribution in [2.75, 3.05) is 26.7 Å². The van der Waals surface area contributed by atoms with Crippen LogP contribution in [0.25, 0.3) is 0 Å².